The van der Waals surface area contributed by atoms with Crippen LogP contribution in [0, 0.1) is 0 Å². The Morgan fingerprint density at radius 3 is 2.84 bits per heavy atom. The second-order valence-electron chi connectivity index (χ2n) is 7.17. The molecule has 0 radical (unpaired) electrons. The quantitative estimate of drug-likeness (QED) is 0.864. The first-order valence-electron chi connectivity index (χ1n) is 8.68. The highest BCUT2D eigenvalue weighted by Gasteiger charge is 2.52. The van der Waals surface area contributed by atoms with Crippen LogP contribution in [0.5, 0.6) is 0 Å². The molecule has 2 fully saturated rings. The van der Waals surface area contributed by atoms with Gasteiger partial charge in [-0.05, 0) is 36.8 Å². The molecule has 2 aromatic rings. The fraction of sp³-hybridized carbons (Fsp3) is 0.444. The Kier molecular flexibility index (Phi) is 3.01. The number of imide groups is 1. The van der Waals surface area contributed by atoms with Crippen LogP contribution in [0.2, 0.25) is 0 Å². The van der Waals surface area contributed by atoms with Crippen LogP contribution in [0.3, 0.4) is 0 Å². The Hall–Kier alpha value is -2.70. The highest BCUT2D eigenvalue weighted by Crippen LogP contribution is 2.38. The van der Waals surface area contributed by atoms with E-state index in [2.05, 4.69) is 21.5 Å². The van der Waals surface area contributed by atoms with E-state index in [-0.39, 0.29) is 18.5 Å². The number of rotatable bonds is 3. The lowest BCUT2D eigenvalue weighted by Crippen LogP contribution is -2.51. The van der Waals surface area contributed by atoms with Gasteiger partial charge in [-0.15, -0.1) is 0 Å². The third-order valence-electron chi connectivity index (χ3n) is 5.40. The van der Waals surface area contributed by atoms with E-state index in [0.29, 0.717) is 30.5 Å². The zero-order valence-electron chi connectivity index (χ0n) is 13.7. The molecule has 1 aromatic heterocycles. The van der Waals surface area contributed by atoms with E-state index in [1.165, 1.54) is 10.5 Å². The van der Waals surface area contributed by atoms with Gasteiger partial charge in [0, 0.05) is 12.3 Å². The molecule has 1 aliphatic heterocycles. The van der Waals surface area contributed by atoms with E-state index in [1.807, 2.05) is 18.2 Å². The molecule has 1 aromatic carbocycles. The van der Waals surface area contributed by atoms with Gasteiger partial charge in [0.25, 0.3) is 5.91 Å². The van der Waals surface area contributed by atoms with Gasteiger partial charge in [0.05, 0.1) is 0 Å². The molecule has 2 heterocycles. The topological polar surface area (TPSA) is 88.3 Å². The number of aryl methyl sites for hydroxylation is 1. The Morgan fingerprint density at radius 2 is 2.04 bits per heavy atom. The molecule has 25 heavy (non-hydrogen) atoms. The summed E-state index contributed by atoms with van der Waals surface area (Å²) in [7, 11) is 0. The van der Waals surface area contributed by atoms with Crippen molar-refractivity contribution in [3.05, 3.63) is 47.1 Å². The third-order valence-corrected chi connectivity index (χ3v) is 5.40. The number of nitrogens with zero attached hydrogens (tertiary/aromatic N) is 3. The van der Waals surface area contributed by atoms with Crippen LogP contribution in [-0.4, -0.2) is 32.5 Å². The molecule has 7 nitrogen and oxygen atoms in total. The number of benzene rings is 1. The van der Waals surface area contributed by atoms with Crippen molar-refractivity contribution in [2.24, 2.45) is 0 Å². The van der Waals surface area contributed by atoms with Crippen LogP contribution >= 0.6 is 0 Å². The van der Waals surface area contributed by atoms with Crippen LogP contribution in [-0.2, 0) is 24.2 Å². The molecular formula is C18H18N4O3. The summed E-state index contributed by atoms with van der Waals surface area (Å²) >= 11 is 0. The highest BCUT2D eigenvalue weighted by atomic mass is 16.5. The summed E-state index contributed by atoms with van der Waals surface area (Å²) in [5.41, 5.74) is 1.53. The summed E-state index contributed by atoms with van der Waals surface area (Å²) in [5.74, 6) is 1.18. The largest absolute Gasteiger partial charge is 0.337 e. The average molecular weight is 338 g/mol. The van der Waals surface area contributed by atoms with Crippen molar-refractivity contribution < 1.29 is 14.1 Å². The Morgan fingerprint density at radius 1 is 1.24 bits per heavy atom. The van der Waals surface area contributed by atoms with Gasteiger partial charge in [0.15, 0.2) is 5.82 Å². The molecule has 1 spiro atoms. The van der Waals surface area contributed by atoms with Crippen molar-refractivity contribution in [3.8, 4) is 0 Å². The molecule has 1 unspecified atom stereocenters. The van der Waals surface area contributed by atoms with Gasteiger partial charge in [-0.2, -0.15) is 4.98 Å². The Labute approximate surface area is 144 Å². The van der Waals surface area contributed by atoms with Crippen LogP contribution in [0.4, 0.5) is 4.79 Å². The number of aromatic nitrogens is 2. The van der Waals surface area contributed by atoms with Gasteiger partial charge < -0.3 is 9.84 Å². The number of amides is 3. The first-order valence-corrected chi connectivity index (χ1v) is 8.68. The van der Waals surface area contributed by atoms with Crippen LogP contribution in [0.25, 0.3) is 0 Å². The van der Waals surface area contributed by atoms with Gasteiger partial charge in [-0.1, -0.05) is 29.4 Å². The molecular weight excluding hydrogens is 320 g/mol. The molecule has 1 saturated carbocycles. The number of hydrogen-bond acceptors (Lipinski definition) is 5. The summed E-state index contributed by atoms with van der Waals surface area (Å²) in [4.78, 5) is 31.0. The zero-order chi connectivity index (χ0) is 17.0. The molecule has 3 amide bonds. The van der Waals surface area contributed by atoms with Crippen molar-refractivity contribution in [2.45, 2.75) is 50.1 Å². The summed E-state index contributed by atoms with van der Waals surface area (Å²) in [6, 6.07) is 7.70. The Balaban J connectivity index is 1.38. The van der Waals surface area contributed by atoms with Crippen molar-refractivity contribution in [1.82, 2.24) is 20.4 Å². The van der Waals surface area contributed by atoms with E-state index in [0.717, 1.165) is 24.8 Å². The molecule has 1 saturated heterocycles. The number of urea groups is 1. The number of fused-ring (bicyclic) bond motifs is 1. The van der Waals surface area contributed by atoms with Crippen molar-refractivity contribution in [3.63, 3.8) is 0 Å². The van der Waals surface area contributed by atoms with E-state index in [9.17, 15) is 9.59 Å². The van der Waals surface area contributed by atoms with Gasteiger partial charge in [0.2, 0.25) is 5.89 Å². The van der Waals surface area contributed by atoms with Crippen molar-refractivity contribution in [1.29, 1.82) is 0 Å². The van der Waals surface area contributed by atoms with Crippen LogP contribution in [0.1, 0.15) is 48.0 Å². The van der Waals surface area contributed by atoms with E-state index < -0.39 is 5.54 Å². The van der Waals surface area contributed by atoms with Gasteiger partial charge in [0.1, 0.15) is 12.1 Å². The molecule has 1 atom stereocenters. The highest BCUT2D eigenvalue weighted by molar-refractivity contribution is 6.07. The number of carbonyl (C=O) groups excluding carboxylic acids is 2. The lowest BCUT2D eigenvalue weighted by Gasteiger charge is -2.32. The van der Waals surface area contributed by atoms with Crippen molar-refractivity contribution >= 4 is 11.9 Å². The molecule has 2 aliphatic carbocycles. The molecule has 128 valence electrons. The molecule has 0 bridgehead atoms. The van der Waals surface area contributed by atoms with E-state index in [4.69, 9.17) is 4.52 Å². The van der Waals surface area contributed by atoms with Gasteiger partial charge in [-0.25, -0.2) is 4.79 Å². The minimum absolute atomic E-state index is 0.0355. The molecule has 7 heteroatoms. The lowest BCUT2D eigenvalue weighted by molar-refractivity contribution is -0.132. The smallest absolute Gasteiger partial charge is 0.325 e. The molecule has 3 aliphatic rings. The first kappa shape index (κ1) is 14.6. The number of carbonyl (C=O) groups is 2. The van der Waals surface area contributed by atoms with E-state index >= 15 is 0 Å². The predicted octanol–water partition coefficient (Wildman–Crippen LogP) is 1.93. The fourth-order valence-corrected chi connectivity index (χ4v) is 3.82. The standard InChI is InChI=1S/C18H18N4O3/c23-16-18(8-7-11-3-1-2-4-13(11)9-18)20-17(24)22(16)10-14-19-15(21-25-14)12-5-6-12/h1-4,12H,5-10H2,(H,20,24). The summed E-state index contributed by atoms with van der Waals surface area (Å²) < 4.78 is 5.22. The van der Waals surface area contributed by atoms with Crippen LogP contribution in [0.15, 0.2) is 28.8 Å². The lowest BCUT2D eigenvalue weighted by atomic mass is 9.78. The number of nitrogens with one attached hydrogen (secondary N) is 1. The second-order valence-corrected chi connectivity index (χ2v) is 7.17. The maximum Gasteiger partial charge on any atom is 0.325 e. The molecule has 1 N–H and O–H groups in total. The van der Waals surface area contributed by atoms with Crippen molar-refractivity contribution in [2.75, 3.05) is 0 Å². The normalized spacial score (nSPS) is 25.4. The predicted molar refractivity (Wildman–Crippen MR) is 86.6 cm³/mol. The summed E-state index contributed by atoms with van der Waals surface area (Å²) in [6.45, 7) is 0.0355. The molecule has 5 rings (SSSR count). The fourth-order valence-electron chi connectivity index (χ4n) is 3.82. The second kappa shape index (κ2) is 5.15. The average Bonchev–Trinajstić information content (AvgIpc) is 3.33. The zero-order valence-corrected chi connectivity index (χ0v) is 13.7. The third kappa shape index (κ3) is 2.33. The first-order chi connectivity index (χ1) is 12.1. The summed E-state index contributed by atoms with van der Waals surface area (Å²) in [5, 5.41) is 6.87. The van der Waals surface area contributed by atoms with Gasteiger partial charge in [-0.3, -0.25) is 9.69 Å². The minimum atomic E-state index is -0.842. The maximum absolute atomic E-state index is 13.0. The summed E-state index contributed by atoms with van der Waals surface area (Å²) in [6.07, 6.45) is 4.07. The monoisotopic (exact) mass is 338 g/mol. The van der Waals surface area contributed by atoms with Crippen LogP contribution < -0.4 is 5.32 Å². The van der Waals surface area contributed by atoms with Gasteiger partial charge >= 0.3 is 6.03 Å². The minimum Gasteiger partial charge on any atom is -0.337 e. The maximum atomic E-state index is 13.0. The SMILES string of the molecule is O=C1NC2(CCc3ccccc3C2)C(=O)N1Cc1nc(C2CC2)no1. The van der Waals surface area contributed by atoms with E-state index in [1.54, 1.807) is 0 Å². The number of hydrogen-bond donors (Lipinski definition) is 1. The Bertz CT molecular complexity index is 873.